The maximum atomic E-state index is 9.03. The fourth-order valence-corrected chi connectivity index (χ4v) is 2.89. The van der Waals surface area contributed by atoms with Gasteiger partial charge in [0, 0.05) is 24.8 Å². The van der Waals surface area contributed by atoms with E-state index < -0.39 is 0 Å². The van der Waals surface area contributed by atoms with E-state index in [2.05, 4.69) is 16.4 Å². The Bertz CT molecular complexity index is 484. The quantitative estimate of drug-likeness (QED) is 0.806. The predicted octanol–water partition coefficient (Wildman–Crippen LogP) is 0.870. The Morgan fingerprint density at radius 3 is 3.28 bits per heavy atom. The van der Waals surface area contributed by atoms with Crippen molar-refractivity contribution in [3.05, 3.63) is 23.9 Å². The standard InChI is InChI=1S/C13H16N4O/c14-7-8-3-1-5-16-13(8)17-11-10(15)9-4-2-6-18-12(9)11/h1,3,5,9-12H,2,4,6,15H2,(H,16,17). The fourth-order valence-electron chi connectivity index (χ4n) is 2.89. The predicted molar refractivity (Wildman–Crippen MR) is 66.8 cm³/mol. The number of hydrogen-bond acceptors (Lipinski definition) is 5. The van der Waals surface area contributed by atoms with Gasteiger partial charge in [-0.1, -0.05) is 0 Å². The molecule has 0 bridgehead atoms. The van der Waals surface area contributed by atoms with Crippen LogP contribution in [-0.2, 0) is 4.74 Å². The van der Waals surface area contributed by atoms with Gasteiger partial charge >= 0.3 is 0 Å². The van der Waals surface area contributed by atoms with Crippen molar-refractivity contribution in [1.82, 2.24) is 4.98 Å². The number of nitriles is 1. The molecule has 4 unspecified atom stereocenters. The van der Waals surface area contributed by atoms with Crippen LogP contribution in [0.3, 0.4) is 0 Å². The SMILES string of the molecule is N#Cc1cccnc1NC1C(N)C2CCCOC21. The second-order valence-corrected chi connectivity index (χ2v) is 4.90. The molecule has 1 aromatic rings. The number of anilines is 1. The van der Waals surface area contributed by atoms with Gasteiger partial charge in [-0.3, -0.25) is 0 Å². The van der Waals surface area contributed by atoms with Gasteiger partial charge in [0.1, 0.15) is 11.9 Å². The van der Waals surface area contributed by atoms with Crippen molar-refractivity contribution >= 4 is 5.82 Å². The molecule has 1 aromatic heterocycles. The van der Waals surface area contributed by atoms with Gasteiger partial charge < -0.3 is 15.8 Å². The first-order valence-corrected chi connectivity index (χ1v) is 6.30. The Kier molecular flexibility index (Phi) is 2.90. The molecule has 2 fully saturated rings. The van der Waals surface area contributed by atoms with Crippen LogP contribution in [0.1, 0.15) is 18.4 Å². The van der Waals surface area contributed by atoms with E-state index in [-0.39, 0.29) is 18.2 Å². The van der Waals surface area contributed by atoms with Crippen molar-refractivity contribution in [1.29, 1.82) is 5.26 Å². The third-order valence-corrected chi connectivity index (χ3v) is 3.91. The van der Waals surface area contributed by atoms with Crippen molar-refractivity contribution in [3.8, 4) is 6.07 Å². The second kappa shape index (κ2) is 4.56. The number of nitrogens with zero attached hydrogens (tertiary/aromatic N) is 2. The summed E-state index contributed by atoms with van der Waals surface area (Å²) in [7, 11) is 0. The number of hydrogen-bond donors (Lipinski definition) is 2. The van der Waals surface area contributed by atoms with Crippen molar-refractivity contribution in [2.45, 2.75) is 31.0 Å². The monoisotopic (exact) mass is 244 g/mol. The van der Waals surface area contributed by atoms with Crippen molar-refractivity contribution in [2.75, 3.05) is 11.9 Å². The largest absolute Gasteiger partial charge is 0.376 e. The number of nitrogens with two attached hydrogens (primary N) is 1. The van der Waals surface area contributed by atoms with Crippen molar-refractivity contribution in [3.63, 3.8) is 0 Å². The molecule has 3 rings (SSSR count). The van der Waals surface area contributed by atoms with Crippen LogP contribution >= 0.6 is 0 Å². The Morgan fingerprint density at radius 2 is 2.44 bits per heavy atom. The first kappa shape index (κ1) is 11.5. The van der Waals surface area contributed by atoms with E-state index in [0.29, 0.717) is 17.3 Å². The van der Waals surface area contributed by atoms with Crippen LogP contribution in [-0.4, -0.2) is 29.8 Å². The summed E-state index contributed by atoms with van der Waals surface area (Å²) in [6.45, 7) is 0.805. The Labute approximate surface area is 106 Å². The molecule has 2 heterocycles. The molecular weight excluding hydrogens is 228 g/mol. The van der Waals surface area contributed by atoms with Crippen LogP contribution < -0.4 is 11.1 Å². The maximum absolute atomic E-state index is 9.03. The van der Waals surface area contributed by atoms with Crippen molar-refractivity contribution < 1.29 is 4.74 Å². The molecule has 18 heavy (non-hydrogen) atoms. The van der Waals surface area contributed by atoms with Gasteiger partial charge in [0.05, 0.1) is 17.7 Å². The number of fused-ring (bicyclic) bond motifs is 1. The highest BCUT2D eigenvalue weighted by Gasteiger charge is 2.50. The Morgan fingerprint density at radius 1 is 1.56 bits per heavy atom. The molecule has 94 valence electrons. The molecule has 0 aromatic carbocycles. The average molecular weight is 244 g/mol. The highest BCUT2D eigenvalue weighted by Crippen LogP contribution is 2.38. The molecule has 2 aliphatic rings. The highest BCUT2D eigenvalue weighted by molar-refractivity contribution is 5.52. The summed E-state index contributed by atoms with van der Waals surface area (Å²) < 4.78 is 5.75. The van der Waals surface area contributed by atoms with Gasteiger partial charge in [-0.25, -0.2) is 4.98 Å². The molecule has 1 aliphatic carbocycles. The summed E-state index contributed by atoms with van der Waals surface area (Å²) >= 11 is 0. The summed E-state index contributed by atoms with van der Waals surface area (Å²) in [6.07, 6.45) is 4.07. The van der Waals surface area contributed by atoms with E-state index >= 15 is 0 Å². The minimum Gasteiger partial charge on any atom is -0.376 e. The first-order valence-electron chi connectivity index (χ1n) is 6.30. The minimum absolute atomic E-state index is 0.0669. The molecule has 3 N–H and O–H groups in total. The minimum atomic E-state index is 0.0669. The Hall–Kier alpha value is -1.64. The van der Waals surface area contributed by atoms with Crippen LogP contribution in [0.5, 0.6) is 0 Å². The molecule has 1 saturated heterocycles. The Balaban J connectivity index is 1.75. The number of nitrogens with one attached hydrogen (secondary N) is 1. The lowest BCUT2D eigenvalue weighted by atomic mass is 9.68. The zero-order chi connectivity index (χ0) is 12.5. The van der Waals surface area contributed by atoms with Crippen LogP contribution in [0.25, 0.3) is 0 Å². The van der Waals surface area contributed by atoms with Gasteiger partial charge in [0.25, 0.3) is 0 Å². The summed E-state index contributed by atoms with van der Waals surface area (Å²) in [6, 6.07) is 5.79. The van der Waals surface area contributed by atoms with E-state index in [1.807, 2.05) is 0 Å². The second-order valence-electron chi connectivity index (χ2n) is 4.90. The summed E-state index contributed by atoms with van der Waals surface area (Å²) in [4.78, 5) is 4.20. The maximum Gasteiger partial charge on any atom is 0.144 e. The number of aromatic nitrogens is 1. The van der Waals surface area contributed by atoms with Crippen LogP contribution in [0.2, 0.25) is 0 Å². The first-order chi connectivity index (χ1) is 8.81. The van der Waals surface area contributed by atoms with Crippen LogP contribution in [0.4, 0.5) is 5.82 Å². The number of pyridine rings is 1. The molecule has 0 amide bonds. The smallest absolute Gasteiger partial charge is 0.144 e. The molecular formula is C13H16N4O. The molecule has 0 spiro atoms. The third-order valence-electron chi connectivity index (χ3n) is 3.91. The lowest BCUT2D eigenvalue weighted by molar-refractivity contribution is -0.104. The van der Waals surface area contributed by atoms with E-state index in [1.165, 1.54) is 0 Å². The highest BCUT2D eigenvalue weighted by atomic mass is 16.5. The molecule has 1 saturated carbocycles. The van der Waals surface area contributed by atoms with Crippen molar-refractivity contribution in [2.24, 2.45) is 11.7 Å². The zero-order valence-electron chi connectivity index (χ0n) is 10.0. The topological polar surface area (TPSA) is 84.0 Å². The molecule has 0 radical (unpaired) electrons. The molecule has 5 nitrogen and oxygen atoms in total. The van der Waals surface area contributed by atoms with Crippen LogP contribution in [0.15, 0.2) is 18.3 Å². The van der Waals surface area contributed by atoms with Gasteiger partial charge in [0.2, 0.25) is 0 Å². The summed E-state index contributed by atoms with van der Waals surface area (Å²) in [5.41, 5.74) is 6.71. The van der Waals surface area contributed by atoms with Gasteiger partial charge in [-0.05, 0) is 25.0 Å². The van der Waals surface area contributed by atoms with Gasteiger partial charge in [-0.2, -0.15) is 5.26 Å². The molecule has 1 aliphatic heterocycles. The zero-order valence-corrected chi connectivity index (χ0v) is 10.0. The normalized spacial score (nSPS) is 34.0. The van der Waals surface area contributed by atoms with Gasteiger partial charge in [-0.15, -0.1) is 0 Å². The average Bonchev–Trinajstić information content (AvgIpc) is 2.44. The van der Waals surface area contributed by atoms with E-state index in [9.17, 15) is 0 Å². The molecule has 5 heteroatoms. The lowest BCUT2D eigenvalue weighted by Crippen LogP contribution is -2.69. The van der Waals surface area contributed by atoms with Gasteiger partial charge in [0.15, 0.2) is 0 Å². The lowest BCUT2D eigenvalue weighted by Gasteiger charge is -2.52. The third kappa shape index (κ3) is 1.74. The van der Waals surface area contributed by atoms with E-state index in [1.54, 1.807) is 18.3 Å². The van der Waals surface area contributed by atoms with Crippen LogP contribution in [0, 0.1) is 17.2 Å². The number of ether oxygens (including phenoxy) is 1. The summed E-state index contributed by atoms with van der Waals surface area (Å²) in [5.74, 6) is 1.05. The summed E-state index contributed by atoms with van der Waals surface area (Å²) in [5, 5.41) is 12.3. The van der Waals surface area contributed by atoms with E-state index in [0.717, 1.165) is 19.4 Å². The number of rotatable bonds is 2. The fraction of sp³-hybridized carbons (Fsp3) is 0.538. The van der Waals surface area contributed by atoms with E-state index in [4.69, 9.17) is 15.7 Å². The molecule has 4 atom stereocenters.